The van der Waals surface area contributed by atoms with Crippen LogP contribution in [-0.4, -0.2) is 17.4 Å². The van der Waals surface area contributed by atoms with E-state index in [-0.39, 0.29) is 5.91 Å². The van der Waals surface area contributed by atoms with E-state index >= 15 is 0 Å². The molecule has 0 saturated heterocycles. The van der Waals surface area contributed by atoms with Gasteiger partial charge in [-0.1, -0.05) is 6.92 Å². The number of benzene rings is 1. The van der Waals surface area contributed by atoms with Gasteiger partial charge in [-0.3, -0.25) is 4.79 Å². The number of pyridine rings is 1. The second-order valence-electron chi connectivity index (χ2n) is 4.40. The number of halogens is 2. The Morgan fingerprint density at radius 1 is 1.38 bits per heavy atom. The molecule has 4 nitrogen and oxygen atoms in total. The van der Waals surface area contributed by atoms with Gasteiger partial charge < -0.3 is 10.6 Å². The van der Waals surface area contributed by atoms with E-state index in [2.05, 4.69) is 31.5 Å². The molecule has 110 valence electrons. The molecule has 2 rings (SSSR count). The maximum atomic E-state index is 13.2. The van der Waals surface area contributed by atoms with Crippen LogP contribution < -0.4 is 10.6 Å². The number of anilines is 2. The standard InChI is InChI=1S/C15H15BrFN3O/c1-2-7-18-14-11(4-3-8-19-14)15(21)20-13-9-10(17)5-6-12(13)16/h3-6,8-9H,2,7H2,1H3,(H,18,19)(H,20,21). The molecule has 0 unspecified atom stereocenters. The van der Waals surface area contributed by atoms with Crippen molar-refractivity contribution >= 4 is 33.3 Å². The van der Waals surface area contributed by atoms with Crippen molar-refractivity contribution in [3.63, 3.8) is 0 Å². The molecule has 1 heterocycles. The summed E-state index contributed by atoms with van der Waals surface area (Å²) in [5.41, 5.74) is 0.799. The molecule has 0 bridgehead atoms. The zero-order valence-corrected chi connectivity index (χ0v) is 13.1. The molecule has 0 radical (unpaired) electrons. The minimum Gasteiger partial charge on any atom is -0.369 e. The van der Waals surface area contributed by atoms with Crippen molar-refractivity contribution in [1.29, 1.82) is 0 Å². The van der Waals surface area contributed by atoms with E-state index in [1.807, 2.05) is 6.92 Å². The summed E-state index contributed by atoms with van der Waals surface area (Å²) in [5.74, 6) is -0.235. The van der Waals surface area contributed by atoms with Crippen molar-refractivity contribution in [3.05, 3.63) is 52.4 Å². The van der Waals surface area contributed by atoms with Crippen molar-refractivity contribution < 1.29 is 9.18 Å². The topological polar surface area (TPSA) is 54.0 Å². The maximum absolute atomic E-state index is 13.2. The molecular formula is C15H15BrFN3O. The van der Waals surface area contributed by atoms with Crippen LogP contribution in [-0.2, 0) is 0 Å². The summed E-state index contributed by atoms with van der Waals surface area (Å²) in [6, 6.07) is 7.49. The molecule has 0 spiro atoms. The Balaban J connectivity index is 2.22. The highest BCUT2D eigenvalue weighted by molar-refractivity contribution is 9.10. The maximum Gasteiger partial charge on any atom is 0.259 e. The van der Waals surface area contributed by atoms with Gasteiger partial charge in [-0.25, -0.2) is 9.37 Å². The molecule has 2 N–H and O–H groups in total. The van der Waals surface area contributed by atoms with Gasteiger partial charge in [0.1, 0.15) is 11.6 Å². The summed E-state index contributed by atoms with van der Waals surface area (Å²) < 4.78 is 13.9. The van der Waals surface area contributed by atoms with Gasteiger partial charge in [0, 0.05) is 17.2 Å². The van der Waals surface area contributed by atoms with E-state index in [0.717, 1.165) is 13.0 Å². The predicted octanol–water partition coefficient (Wildman–Crippen LogP) is 4.06. The van der Waals surface area contributed by atoms with Gasteiger partial charge >= 0.3 is 0 Å². The molecule has 0 fully saturated rings. The first-order chi connectivity index (χ1) is 10.1. The molecule has 0 aliphatic rings. The fraction of sp³-hybridized carbons (Fsp3) is 0.200. The molecule has 0 saturated carbocycles. The Morgan fingerprint density at radius 2 is 2.19 bits per heavy atom. The van der Waals surface area contributed by atoms with E-state index < -0.39 is 5.82 Å². The minimum atomic E-state index is -0.413. The predicted molar refractivity (Wildman–Crippen MR) is 85.1 cm³/mol. The van der Waals surface area contributed by atoms with Crippen molar-refractivity contribution in [2.45, 2.75) is 13.3 Å². The molecule has 21 heavy (non-hydrogen) atoms. The average molecular weight is 352 g/mol. The molecular weight excluding hydrogens is 337 g/mol. The molecule has 0 aliphatic carbocycles. The first-order valence-corrected chi connectivity index (χ1v) is 7.36. The SMILES string of the molecule is CCCNc1ncccc1C(=O)Nc1cc(F)ccc1Br. The number of nitrogens with zero attached hydrogens (tertiary/aromatic N) is 1. The number of hydrogen-bond donors (Lipinski definition) is 2. The van der Waals surface area contributed by atoms with Gasteiger partial charge in [0.05, 0.1) is 11.3 Å². The summed E-state index contributed by atoms with van der Waals surface area (Å²) in [6.45, 7) is 2.75. The number of hydrogen-bond acceptors (Lipinski definition) is 3. The van der Waals surface area contributed by atoms with E-state index in [1.54, 1.807) is 24.4 Å². The van der Waals surface area contributed by atoms with Gasteiger partial charge in [-0.2, -0.15) is 0 Å². The number of rotatable bonds is 5. The molecule has 1 aromatic carbocycles. The third-order valence-corrected chi connectivity index (χ3v) is 3.46. The summed E-state index contributed by atoms with van der Waals surface area (Å²) >= 11 is 3.28. The smallest absolute Gasteiger partial charge is 0.259 e. The van der Waals surface area contributed by atoms with Gasteiger partial charge in [-0.15, -0.1) is 0 Å². The molecule has 1 aromatic heterocycles. The molecule has 0 atom stereocenters. The van der Waals surface area contributed by atoms with Crippen molar-refractivity contribution in [1.82, 2.24) is 4.98 Å². The van der Waals surface area contributed by atoms with Gasteiger partial charge in [-0.05, 0) is 52.7 Å². The summed E-state index contributed by atoms with van der Waals surface area (Å²) in [7, 11) is 0. The van der Waals surface area contributed by atoms with E-state index in [1.165, 1.54) is 12.1 Å². The number of nitrogens with one attached hydrogen (secondary N) is 2. The zero-order chi connectivity index (χ0) is 15.2. The Kier molecular flexibility index (Phi) is 5.27. The van der Waals surface area contributed by atoms with Crippen LogP contribution in [0.4, 0.5) is 15.9 Å². The van der Waals surface area contributed by atoms with Crippen LogP contribution in [0.5, 0.6) is 0 Å². The largest absolute Gasteiger partial charge is 0.369 e. The van der Waals surface area contributed by atoms with Crippen LogP contribution in [0.15, 0.2) is 41.0 Å². The first-order valence-electron chi connectivity index (χ1n) is 6.57. The minimum absolute atomic E-state index is 0.340. The summed E-state index contributed by atoms with van der Waals surface area (Å²) in [6.07, 6.45) is 2.54. The van der Waals surface area contributed by atoms with E-state index in [4.69, 9.17) is 0 Å². The number of aromatic nitrogens is 1. The van der Waals surface area contributed by atoms with Gasteiger partial charge in [0.25, 0.3) is 5.91 Å². The Hall–Kier alpha value is -1.95. The van der Waals surface area contributed by atoms with E-state index in [0.29, 0.717) is 21.5 Å². The lowest BCUT2D eigenvalue weighted by Gasteiger charge is -2.11. The quantitative estimate of drug-likeness (QED) is 0.853. The third kappa shape index (κ3) is 4.01. The van der Waals surface area contributed by atoms with Crippen molar-refractivity contribution in [3.8, 4) is 0 Å². The van der Waals surface area contributed by atoms with E-state index in [9.17, 15) is 9.18 Å². The molecule has 0 aliphatic heterocycles. The average Bonchev–Trinajstić information content (AvgIpc) is 2.49. The number of carbonyl (C=O) groups excluding carboxylic acids is 1. The summed E-state index contributed by atoms with van der Waals surface area (Å²) in [5, 5.41) is 5.78. The lowest BCUT2D eigenvalue weighted by molar-refractivity contribution is 0.102. The third-order valence-electron chi connectivity index (χ3n) is 2.77. The Labute approximate surface area is 130 Å². The zero-order valence-electron chi connectivity index (χ0n) is 11.5. The van der Waals surface area contributed by atoms with Crippen LogP contribution in [0, 0.1) is 5.82 Å². The van der Waals surface area contributed by atoms with Crippen LogP contribution in [0.3, 0.4) is 0 Å². The Morgan fingerprint density at radius 3 is 2.95 bits per heavy atom. The van der Waals surface area contributed by atoms with Crippen LogP contribution >= 0.6 is 15.9 Å². The van der Waals surface area contributed by atoms with Gasteiger partial charge in [0.2, 0.25) is 0 Å². The second kappa shape index (κ2) is 7.17. The molecule has 1 amide bonds. The molecule has 6 heteroatoms. The fourth-order valence-corrected chi connectivity index (χ4v) is 2.10. The highest BCUT2D eigenvalue weighted by Gasteiger charge is 2.13. The van der Waals surface area contributed by atoms with Crippen LogP contribution in [0.1, 0.15) is 23.7 Å². The number of amides is 1. The fourth-order valence-electron chi connectivity index (χ4n) is 1.76. The molecule has 2 aromatic rings. The highest BCUT2D eigenvalue weighted by atomic mass is 79.9. The normalized spacial score (nSPS) is 10.2. The Bertz CT molecular complexity index is 649. The number of carbonyl (C=O) groups is 1. The first kappa shape index (κ1) is 15.4. The van der Waals surface area contributed by atoms with Gasteiger partial charge in [0.15, 0.2) is 0 Å². The van der Waals surface area contributed by atoms with Crippen LogP contribution in [0.2, 0.25) is 0 Å². The highest BCUT2D eigenvalue weighted by Crippen LogP contribution is 2.24. The van der Waals surface area contributed by atoms with Crippen molar-refractivity contribution in [2.75, 3.05) is 17.2 Å². The summed E-state index contributed by atoms with van der Waals surface area (Å²) in [4.78, 5) is 16.5. The lowest BCUT2D eigenvalue weighted by atomic mass is 10.2. The van der Waals surface area contributed by atoms with Crippen LogP contribution in [0.25, 0.3) is 0 Å². The monoisotopic (exact) mass is 351 g/mol. The lowest BCUT2D eigenvalue weighted by Crippen LogP contribution is -2.16. The second-order valence-corrected chi connectivity index (χ2v) is 5.26. The van der Waals surface area contributed by atoms with Crippen molar-refractivity contribution in [2.24, 2.45) is 0 Å².